The zero-order valence-corrected chi connectivity index (χ0v) is 16.8. The molecule has 25 heavy (non-hydrogen) atoms. The van der Waals surface area contributed by atoms with Crippen molar-refractivity contribution in [2.24, 2.45) is 5.92 Å². The number of rotatable bonds is 4. The van der Waals surface area contributed by atoms with Gasteiger partial charge in [-0.2, -0.15) is 11.3 Å². The zero-order chi connectivity index (χ0) is 18.0. The number of ether oxygens (including phenoxy) is 1. The van der Waals surface area contributed by atoms with E-state index in [0.717, 1.165) is 25.9 Å². The van der Waals surface area contributed by atoms with Crippen LogP contribution < -0.4 is 5.32 Å². The van der Waals surface area contributed by atoms with Crippen molar-refractivity contribution in [3.8, 4) is 0 Å². The Kier molecular flexibility index (Phi) is 5.74. The maximum Gasteiger partial charge on any atom is 0.410 e. The van der Waals surface area contributed by atoms with Gasteiger partial charge in [0.25, 0.3) is 0 Å². The first-order chi connectivity index (χ1) is 11.8. The lowest BCUT2D eigenvalue weighted by Gasteiger charge is -2.34. The minimum atomic E-state index is -0.423. The molecule has 1 amide bonds. The van der Waals surface area contributed by atoms with Crippen molar-refractivity contribution in [3.63, 3.8) is 0 Å². The van der Waals surface area contributed by atoms with Gasteiger partial charge in [0.1, 0.15) is 5.60 Å². The third kappa shape index (κ3) is 4.56. The summed E-state index contributed by atoms with van der Waals surface area (Å²) >= 11 is 1.77. The van der Waals surface area contributed by atoms with Gasteiger partial charge in [-0.05, 0) is 81.2 Å². The van der Waals surface area contributed by atoms with Gasteiger partial charge in [-0.25, -0.2) is 4.79 Å². The SMILES string of the molecule is Cc1cscc1CNC1CCCC1C1CCCN1C(=O)OC(C)(C)C. The molecule has 0 bridgehead atoms. The number of hydrogen-bond donors (Lipinski definition) is 1. The fraction of sp³-hybridized carbons (Fsp3) is 0.750. The Bertz CT molecular complexity index is 593. The fourth-order valence-electron chi connectivity index (χ4n) is 4.30. The van der Waals surface area contributed by atoms with Crippen LogP contribution in [-0.4, -0.2) is 35.2 Å². The van der Waals surface area contributed by atoms with Crippen LogP contribution in [0.1, 0.15) is 64.0 Å². The summed E-state index contributed by atoms with van der Waals surface area (Å²) in [4.78, 5) is 14.6. The molecule has 0 radical (unpaired) electrons. The lowest BCUT2D eigenvalue weighted by molar-refractivity contribution is 0.0166. The fourth-order valence-corrected chi connectivity index (χ4v) is 5.15. The second-order valence-electron chi connectivity index (χ2n) is 8.55. The molecular formula is C20H32N2O2S. The Hall–Kier alpha value is -1.07. The number of aryl methyl sites for hydroxylation is 1. The van der Waals surface area contributed by atoms with Crippen LogP contribution in [0, 0.1) is 12.8 Å². The monoisotopic (exact) mass is 364 g/mol. The maximum atomic E-state index is 12.6. The molecule has 1 aliphatic carbocycles. The molecule has 1 aromatic heterocycles. The third-order valence-electron chi connectivity index (χ3n) is 5.51. The number of nitrogens with one attached hydrogen (secondary N) is 1. The summed E-state index contributed by atoms with van der Waals surface area (Å²) in [6.07, 6.45) is 5.76. The summed E-state index contributed by atoms with van der Waals surface area (Å²) in [6, 6.07) is 0.839. The average Bonchev–Trinajstić information content (AvgIpc) is 3.23. The summed E-state index contributed by atoms with van der Waals surface area (Å²) in [5.41, 5.74) is 2.36. The van der Waals surface area contributed by atoms with E-state index in [2.05, 4.69) is 23.0 Å². The van der Waals surface area contributed by atoms with Crippen LogP contribution in [0.4, 0.5) is 4.79 Å². The normalized spacial score (nSPS) is 27.0. The molecule has 1 saturated carbocycles. The van der Waals surface area contributed by atoms with E-state index in [-0.39, 0.29) is 6.09 Å². The van der Waals surface area contributed by atoms with Gasteiger partial charge < -0.3 is 15.0 Å². The Balaban J connectivity index is 1.62. The van der Waals surface area contributed by atoms with E-state index in [1.54, 1.807) is 11.3 Å². The number of hydrogen-bond acceptors (Lipinski definition) is 4. The van der Waals surface area contributed by atoms with Gasteiger partial charge in [0.05, 0.1) is 0 Å². The lowest BCUT2D eigenvalue weighted by Crippen LogP contribution is -2.47. The van der Waals surface area contributed by atoms with E-state index in [0.29, 0.717) is 18.0 Å². The second kappa shape index (κ2) is 7.67. The average molecular weight is 365 g/mol. The number of carbonyl (C=O) groups excluding carboxylic acids is 1. The molecular weight excluding hydrogens is 332 g/mol. The van der Waals surface area contributed by atoms with Crippen LogP contribution in [0.2, 0.25) is 0 Å². The molecule has 2 aliphatic rings. The summed E-state index contributed by atoms with van der Waals surface area (Å²) in [5.74, 6) is 0.550. The number of likely N-dealkylation sites (tertiary alicyclic amines) is 1. The Morgan fingerprint density at radius 2 is 2.08 bits per heavy atom. The van der Waals surface area contributed by atoms with Crippen LogP contribution >= 0.6 is 11.3 Å². The first-order valence-electron chi connectivity index (χ1n) is 9.60. The smallest absolute Gasteiger partial charge is 0.410 e. The van der Waals surface area contributed by atoms with Crippen molar-refractivity contribution in [2.75, 3.05) is 6.54 Å². The summed E-state index contributed by atoms with van der Waals surface area (Å²) in [6.45, 7) is 9.79. The minimum Gasteiger partial charge on any atom is -0.444 e. The highest BCUT2D eigenvalue weighted by Gasteiger charge is 2.41. The van der Waals surface area contributed by atoms with Crippen molar-refractivity contribution in [1.29, 1.82) is 0 Å². The molecule has 1 saturated heterocycles. The van der Waals surface area contributed by atoms with Crippen LogP contribution in [0.5, 0.6) is 0 Å². The van der Waals surface area contributed by atoms with Crippen LogP contribution in [-0.2, 0) is 11.3 Å². The van der Waals surface area contributed by atoms with Crippen molar-refractivity contribution < 1.29 is 9.53 Å². The van der Waals surface area contributed by atoms with Crippen molar-refractivity contribution in [3.05, 3.63) is 21.9 Å². The molecule has 1 aliphatic heterocycles. The number of amides is 1. The van der Waals surface area contributed by atoms with Gasteiger partial charge in [-0.1, -0.05) is 6.42 Å². The van der Waals surface area contributed by atoms with Crippen LogP contribution in [0.15, 0.2) is 10.8 Å². The number of thiophene rings is 1. The van der Waals surface area contributed by atoms with Gasteiger partial charge in [-0.15, -0.1) is 0 Å². The summed E-state index contributed by atoms with van der Waals surface area (Å²) in [5, 5.41) is 8.24. The predicted molar refractivity (Wildman–Crippen MR) is 103 cm³/mol. The first-order valence-corrected chi connectivity index (χ1v) is 10.5. The molecule has 2 fully saturated rings. The molecule has 140 valence electrons. The molecule has 3 unspecified atom stereocenters. The van der Waals surface area contributed by atoms with E-state index in [9.17, 15) is 4.79 Å². The molecule has 0 aromatic carbocycles. The highest BCUT2D eigenvalue weighted by molar-refractivity contribution is 7.08. The predicted octanol–water partition coefficient (Wildman–Crippen LogP) is 4.71. The first kappa shape index (κ1) is 18.7. The molecule has 1 N–H and O–H groups in total. The highest BCUT2D eigenvalue weighted by Crippen LogP contribution is 2.36. The summed E-state index contributed by atoms with van der Waals surface area (Å²) in [7, 11) is 0. The molecule has 2 heterocycles. The molecule has 0 spiro atoms. The molecule has 4 nitrogen and oxygen atoms in total. The third-order valence-corrected chi connectivity index (χ3v) is 6.42. The zero-order valence-electron chi connectivity index (χ0n) is 16.0. The molecule has 5 heteroatoms. The molecule has 1 aromatic rings. The van der Waals surface area contributed by atoms with E-state index in [1.165, 1.54) is 30.4 Å². The number of nitrogens with zero attached hydrogens (tertiary/aromatic N) is 1. The second-order valence-corrected chi connectivity index (χ2v) is 9.29. The van der Waals surface area contributed by atoms with Gasteiger partial charge in [0, 0.05) is 25.2 Å². The van der Waals surface area contributed by atoms with Crippen molar-refractivity contribution in [1.82, 2.24) is 10.2 Å². The topological polar surface area (TPSA) is 41.6 Å². The van der Waals surface area contributed by atoms with Crippen molar-refractivity contribution in [2.45, 2.75) is 84.0 Å². The standard InChI is InChI=1S/C20H32N2O2S/c1-14-12-25-13-15(14)11-21-17-8-5-7-16(17)18-9-6-10-22(18)19(23)24-20(2,3)4/h12-13,16-18,21H,5-11H2,1-4H3. The van der Waals surface area contributed by atoms with Crippen LogP contribution in [0.3, 0.4) is 0 Å². The lowest BCUT2D eigenvalue weighted by atomic mass is 9.92. The van der Waals surface area contributed by atoms with E-state index < -0.39 is 5.60 Å². The number of carbonyl (C=O) groups is 1. The van der Waals surface area contributed by atoms with E-state index in [4.69, 9.17) is 4.74 Å². The Morgan fingerprint density at radius 1 is 1.28 bits per heavy atom. The Labute approximate surface area is 155 Å². The van der Waals surface area contributed by atoms with Gasteiger partial charge >= 0.3 is 6.09 Å². The van der Waals surface area contributed by atoms with E-state index in [1.807, 2.05) is 25.7 Å². The van der Waals surface area contributed by atoms with E-state index >= 15 is 0 Å². The van der Waals surface area contributed by atoms with Gasteiger partial charge in [-0.3, -0.25) is 0 Å². The summed E-state index contributed by atoms with van der Waals surface area (Å²) < 4.78 is 5.65. The van der Waals surface area contributed by atoms with Crippen molar-refractivity contribution >= 4 is 17.4 Å². The maximum absolute atomic E-state index is 12.6. The molecule has 3 rings (SSSR count). The minimum absolute atomic E-state index is 0.130. The van der Waals surface area contributed by atoms with Gasteiger partial charge in [0.15, 0.2) is 0 Å². The Morgan fingerprint density at radius 3 is 2.76 bits per heavy atom. The van der Waals surface area contributed by atoms with Crippen LogP contribution in [0.25, 0.3) is 0 Å². The largest absolute Gasteiger partial charge is 0.444 e. The molecule has 3 atom stereocenters. The quantitative estimate of drug-likeness (QED) is 0.841. The van der Waals surface area contributed by atoms with Gasteiger partial charge in [0.2, 0.25) is 0 Å². The highest BCUT2D eigenvalue weighted by atomic mass is 32.1.